The van der Waals surface area contributed by atoms with Gasteiger partial charge in [-0.1, -0.05) is 18.2 Å². The summed E-state index contributed by atoms with van der Waals surface area (Å²) in [5.41, 5.74) is 4.12. The van der Waals surface area contributed by atoms with Crippen molar-refractivity contribution >= 4 is 34.8 Å². The quantitative estimate of drug-likeness (QED) is 0.873. The van der Waals surface area contributed by atoms with E-state index in [2.05, 4.69) is 10.6 Å². The van der Waals surface area contributed by atoms with Crippen LogP contribution >= 0.6 is 0 Å². The van der Waals surface area contributed by atoms with Gasteiger partial charge in [0.15, 0.2) is 0 Å². The van der Waals surface area contributed by atoms with Crippen LogP contribution in [-0.2, 0) is 14.4 Å². The van der Waals surface area contributed by atoms with Gasteiger partial charge >= 0.3 is 0 Å². The molecule has 1 aliphatic rings. The van der Waals surface area contributed by atoms with Crippen LogP contribution in [0, 0.1) is 19.8 Å². The molecule has 3 amide bonds. The smallest absolute Gasteiger partial charge is 0.229 e. The summed E-state index contributed by atoms with van der Waals surface area (Å²) in [5, 5.41) is 5.65. The van der Waals surface area contributed by atoms with Crippen molar-refractivity contribution < 1.29 is 14.4 Å². The first-order chi connectivity index (χ1) is 12.8. The van der Waals surface area contributed by atoms with Gasteiger partial charge in [-0.3, -0.25) is 14.4 Å². The van der Waals surface area contributed by atoms with Crippen molar-refractivity contribution in [1.82, 2.24) is 0 Å². The lowest BCUT2D eigenvalue weighted by atomic mass is 10.1. The van der Waals surface area contributed by atoms with Crippen molar-refractivity contribution in [2.45, 2.75) is 27.2 Å². The number of nitrogens with one attached hydrogen (secondary N) is 2. The zero-order valence-electron chi connectivity index (χ0n) is 15.7. The number of hydrogen-bond donors (Lipinski definition) is 2. The third kappa shape index (κ3) is 4.34. The lowest BCUT2D eigenvalue weighted by Crippen LogP contribution is -2.28. The standard InChI is InChI=1S/C21H23N3O3/c1-13-7-8-14(2)19(9-13)23-21(27)16-10-20(26)24(12-16)18-6-4-5-17(11-18)22-15(3)25/h4-9,11,16H,10,12H2,1-3H3,(H,22,25)(H,23,27)/t16-/m0/s1. The van der Waals surface area contributed by atoms with Gasteiger partial charge < -0.3 is 15.5 Å². The Labute approximate surface area is 158 Å². The molecule has 2 aromatic rings. The summed E-state index contributed by atoms with van der Waals surface area (Å²) in [5.74, 6) is -0.846. The molecule has 3 rings (SSSR count). The van der Waals surface area contributed by atoms with Crippen LogP contribution in [-0.4, -0.2) is 24.3 Å². The van der Waals surface area contributed by atoms with Gasteiger partial charge in [-0.25, -0.2) is 0 Å². The van der Waals surface area contributed by atoms with Crippen molar-refractivity contribution in [3.8, 4) is 0 Å². The number of hydrogen-bond acceptors (Lipinski definition) is 3. The number of amides is 3. The van der Waals surface area contributed by atoms with E-state index in [4.69, 9.17) is 0 Å². The number of carbonyl (C=O) groups excluding carboxylic acids is 3. The predicted octanol–water partition coefficient (Wildman–Crippen LogP) is 3.25. The van der Waals surface area contributed by atoms with Gasteiger partial charge in [-0.15, -0.1) is 0 Å². The Morgan fingerprint density at radius 1 is 1.07 bits per heavy atom. The normalized spacial score (nSPS) is 16.3. The van der Waals surface area contributed by atoms with Gasteiger partial charge in [0, 0.05) is 37.0 Å². The Hall–Kier alpha value is -3.15. The van der Waals surface area contributed by atoms with E-state index >= 15 is 0 Å². The molecule has 1 atom stereocenters. The maximum absolute atomic E-state index is 12.7. The summed E-state index contributed by atoms with van der Waals surface area (Å²) in [6.45, 7) is 5.66. The van der Waals surface area contributed by atoms with Crippen molar-refractivity contribution in [2.75, 3.05) is 22.1 Å². The molecule has 2 aromatic carbocycles. The lowest BCUT2D eigenvalue weighted by molar-refractivity contribution is -0.122. The van der Waals surface area contributed by atoms with E-state index in [0.29, 0.717) is 17.9 Å². The van der Waals surface area contributed by atoms with Crippen LogP contribution in [0.1, 0.15) is 24.5 Å². The molecule has 27 heavy (non-hydrogen) atoms. The van der Waals surface area contributed by atoms with Crippen LogP contribution in [0.3, 0.4) is 0 Å². The fraction of sp³-hybridized carbons (Fsp3) is 0.286. The average Bonchev–Trinajstić information content (AvgIpc) is 3.00. The van der Waals surface area contributed by atoms with E-state index in [9.17, 15) is 14.4 Å². The van der Waals surface area contributed by atoms with Gasteiger partial charge in [0.1, 0.15) is 0 Å². The molecule has 6 nitrogen and oxygen atoms in total. The molecule has 1 aliphatic heterocycles. The summed E-state index contributed by atoms with van der Waals surface area (Å²) in [4.78, 5) is 37.9. The minimum Gasteiger partial charge on any atom is -0.326 e. The lowest BCUT2D eigenvalue weighted by Gasteiger charge is -2.18. The average molecular weight is 365 g/mol. The molecule has 0 aromatic heterocycles. The molecule has 140 valence electrons. The molecule has 1 fully saturated rings. The summed E-state index contributed by atoms with van der Waals surface area (Å²) < 4.78 is 0. The maximum Gasteiger partial charge on any atom is 0.229 e. The van der Waals surface area contributed by atoms with E-state index in [1.165, 1.54) is 6.92 Å². The molecule has 0 spiro atoms. The third-order valence-electron chi connectivity index (χ3n) is 4.62. The molecule has 0 unspecified atom stereocenters. The van der Waals surface area contributed by atoms with E-state index < -0.39 is 5.92 Å². The Morgan fingerprint density at radius 2 is 1.85 bits per heavy atom. The Kier molecular flexibility index (Phi) is 5.26. The number of anilines is 3. The third-order valence-corrected chi connectivity index (χ3v) is 4.62. The van der Waals surface area contributed by atoms with Crippen LogP contribution in [0.5, 0.6) is 0 Å². The fourth-order valence-corrected chi connectivity index (χ4v) is 3.19. The van der Waals surface area contributed by atoms with Crippen molar-refractivity contribution in [3.63, 3.8) is 0 Å². The van der Waals surface area contributed by atoms with Crippen LogP contribution in [0.2, 0.25) is 0 Å². The van der Waals surface area contributed by atoms with Crippen LogP contribution in [0.25, 0.3) is 0 Å². The van der Waals surface area contributed by atoms with E-state index in [0.717, 1.165) is 16.8 Å². The molecular weight excluding hydrogens is 342 g/mol. The van der Waals surface area contributed by atoms with E-state index in [-0.39, 0.29) is 24.1 Å². The van der Waals surface area contributed by atoms with Gasteiger partial charge in [0.25, 0.3) is 0 Å². The highest BCUT2D eigenvalue weighted by atomic mass is 16.2. The molecule has 0 saturated carbocycles. The first kappa shape index (κ1) is 18.6. The molecular formula is C21H23N3O3. The zero-order chi connectivity index (χ0) is 19.6. The van der Waals surface area contributed by atoms with Crippen LogP contribution in [0.4, 0.5) is 17.1 Å². The number of nitrogens with zero attached hydrogens (tertiary/aromatic N) is 1. The van der Waals surface area contributed by atoms with Crippen LogP contribution in [0.15, 0.2) is 42.5 Å². The topological polar surface area (TPSA) is 78.5 Å². The first-order valence-electron chi connectivity index (χ1n) is 8.89. The van der Waals surface area contributed by atoms with Gasteiger partial charge in [-0.2, -0.15) is 0 Å². The monoisotopic (exact) mass is 365 g/mol. The molecule has 2 N–H and O–H groups in total. The molecule has 0 aliphatic carbocycles. The maximum atomic E-state index is 12.7. The molecule has 0 radical (unpaired) electrons. The van der Waals surface area contributed by atoms with Gasteiger partial charge in [0.2, 0.25) is 17.7 Å². The summed E-state index contributed by atoms with van der Waals surface area (Å²) in [7, 11) is 0. The minimum absolute atomic E-state index is 0.101. The predicted molar refractivity (Wildman–Crippen MR) is 106 cm³/mol. The van der Waals surface area contributed by atoms with E-state index in [1.807, 2.05) is 32.0 Å². The molecule has 0 bridgehead atoms. The zero-order valence-corrected chi connectivity index (χ0v) is 15.7. The van der Waals surface area contributed by atoms with Gasteiger partial charge in [-0.05, 0) is 49.2 Å². The minimum atomic E-state index is -0.415. The molecule has 1 heterocycles. The second-order valence-corrected chi connectivity index (χ2v) is 6.94. The number of aryl methyl sites for hydroxylation is 2. The second kappa shape index (κ2) is 7.61. The highest BCUT2D eigenvalue weighted by Crippen LogP contribution is 2.28. The Balaban J connectivity index is 1.72. The highest BCUT2D eigenvalue weighted by Gasteiger charge is 2.35. The summed E-state index contributed by atoms with van der Waals surface area (Å²) in [6, 6.07) is 13.0. The largest absolute Gasteiger partial charge is 0.326 e. The van der Waals surface area contributed by atoms with E-state index in [1.54, 1.807) is 29.2 Å². The molecule has 6 heteroatoms. The highest BCUT2D eigenvalue weighted by molar-refractivity contribution is 6.04. The van der Waals surface area contributed by atoms with Crippen molar-refractivity contribution in [2.24, 2.45) is 5.92 Å². The number of benzene rings is 2. The SMILES string of the molecule is CC(=O)Nc1cccc(N2C[C@@H](C(=O)Nc3cc(C)ccc3C)CC2=O)c1. The Morgan fingerprint density at radius 3 is 2.59 bits per heavy atom. The summed E-state index contributed by atoms with van der Waals surface area (Å²) in [6.07, 6.45) is 0.168. The van der Waals surface area contributed by atoms with Gasteiger partial charge in [0.05, 0.1) is 5.92 Å². The number of rotatable bonds is 4. The number of carbonyl (C=O) groups is 3. The first-order valence-corrected chi connectivity index (χ1v) is 8.89. The van der Waals surface area contributed by atoms with Crippen LogP contribution < -0.4 is 15.5 Å². The Bertz CT molecular complexity index is 907. The fourth-order valence-electron chi connectivity index (χ4n) is 3.19. The molecule has 1 saturated heterocycles. The van der Waals surface area contributed by atoms with Crippen molar-refractivity contribution in [3.05, 3.63) is 53.6 Å². The van der Waals surface area contributed by atoms with Crippen molar-refractivity contribution in [1.29, 1.82) is 0 Å². The summed E-state index contributed by atoms with van der Waals surface area (Å²) >= 11 is 0. The second-order valence-electron chi connectivity index (χ2n) is 6.94.